The summed E-state index contributed by atoms with van der Waals surface area (Å²) in [5, 5.41) is 0. The molecular formula is C22H47Al2Li2O2Ru. The van der Waals surface area contributed by atoms with E-state index >= 15 is 0 Å². The minimum atomic E-state index is 0. The van der Waals surface area contributed by atoms with Crippen LogP contribution in [0, 0.1) is 54.9 Å². The summed E-state index contributed by atoms with van der Waals surface area (Å²) in [5.41, 5.74) is 7.34. The zero-order valence-electron chi connectivity index (χ0n) is 27.8. The summed E-state index contributed by atoms with van der Waals surface area (Å²) in [6.07, 6.45) is 5.85. The molecule has 2 nitrogen and oxygen atoms in total. The van der Waals surface area contributed by atoms with Crippen LogP contribution in [0.1, 0.15) is 70.9 Å². The smallest absolute Gasteiger partial charge is 1.00 e. The first-order valence-electron chi connectivity index (χ1n) is 9.14. The van der Waals surface area contributed by atoms with Crippen molar-refractivity contribution in [1.82, 2.24) is 0 Å². The van der Waals surface area contributed by atoms with Crippen LogP contribution in [0.2, 0.25) is 0 Å². The van der Waals surface area contributed by atoms with E-state index in [-0.39, 0.29) is 102 Å². The zero-order chi connectivity index (χ0) is 19.0. The molecule has 2 aliphatic heterocycles. The van der Waals surface area contributed by atoms with Gasteiger partial charge in [-0.25, -0.2) is 0 Å². The molecule has 0 aliphatic carbocycles. The largest absolute Gasteiger partial charge is 3.00 e. The summed E-state index contributed by atoms with van der Waals surface area (Å²) >= 11 is 0. The molecule has 2 heterocycles. The molecule has 0 N–H and O–H groups in total. The van der Waals surface area contributed by atoms with E-state index in [2.05, 4.69) is 54.9 Å². The monoisotopic (exact) mass is 513 g/mol. The number of ether oxygens (including phenoxy) is 2. The molecule has 0 bridgehead atoms. The summed E-state index contributed by atoms with van der Waals surface area (Å²) in [6.45, 7) is 24.8. The van der Waals surface area contributed by atoms with E-state index < -0.39 is 0 Å². The van der Waals surface area contributed by atoms with Gasteiger partial charge < -0.3 is 39.7 Å². The van der Waals surface area contributed by atoms with Crippen molar-refractivity contribution in [2.24, 2.45) is 0 Å². The summed E-state index contributed by atoms with van der Waals surface area (Å²) < 4.78 is 9.83. The molecule has 0 amide bonds. The maximum Gasteiger partial charge on any atom is 3.00 e. The average Bonchev–Trinajstić information content (AvgIpc) is 3.41. The SMILES string of the molecule is C1CCOC1.Cc1c(C)c(C)[c-](C)c1C.[Al+3].[Al+3].[CH-]1CCOC1.[CH2-]C.[CH2-]C.[H-].[H-].[H-].[H-].[H-].[H-].[H-].[Li+].[Li+].[Ru+3]. The van der Waals surface area contributed by atoms with Crippen molar-refractivity contribution in [3.8, 4) is 0 Å². The third-order valence-electron chi connectivity index (χ3n) is 4.34. The van der Waals surface area contributed by atoms with Gasteiger partial charge in [-0.1, -0.05) is 41.2 Å². The quantitative estimate of drug-likeness (QED) is 0.362. The second-order valence-corrected chi connectivity index (χ2v) is 5.60. The summed E-state index contributed by atoms with van der Waals surface area (Å²) in [5.74, 6) is 0. The predicted molar refractivity (Wildman–Crippen MR) is 127 cm³/mol. The van der Waals surface area contributed by atoms with Crippen LogP contribution in [0.15, 0.2) is 0 Å². The van der Waals surface area contributed by atoms with Crippen molar-refractivity contribution in [3.05, 3.63) is 48.1 Å². The van der Waals surface area contributed by atoms with Gasteiger partial charge in [-0.15, -0.1) is 0 Å². The van der Waals surface area contributed by atoms with Gasteiger partial charge in [-0.3, -0.25) is 0 Å². The first-order chi connectivity index (χ1) is 11.6. The molecule has 0 aromatic heterocycles. The molecule has 29 heavy (non-hydrogen) atoms. The van der Waals surface area contributed by atoms with Gasteiger partial charge in [0.05, 0.1) is 0 Å². The van der Waals surface area contributed by atoms with Crippen LogP contribution >= 0.6 is 0 Å². The van der Waals surface area contributed by atoms with E-state index in [4.69, 9.17) is 9.47 Å². The molecule has 1 aromatic rings. The summed E-state index contributed by atoms with van der Waals surface area (Å²) in [6, 6.07) is 0. The van der Waals surface area contributed by atoms with Crippen LogP contribution in [0.4, 0.5) is 0 Å². The second kappa shape index (κ2) is 34.8. The van der Waals surface area contributed by atoms with Gasteiger partial charge in [0.25, 0.3) is 0 Å². The van der Waals surface area contributed by atoms with E-state index in [1.54, 1.807) is 13.8 Å². The molecule has 163 valence electrons. The van der Waals surface area contributed by atoms with Crippen LogP contribution in [0.3, 0.4) is 0 Å². The molecule has 0 atom stereocenters. The topological polar surface area (TPSA) is 18.5 Å². The number of rotatable bonds is 0. The van der Waals surface area contributed by atoms with E-state index in [1.165, 1.54) is 40.7 Å². The molecule has 3 rings (SSSR count). The van der Waals surface area contributed by atoms with Gasteiger partial charge >= 0.3 is 91.9 Å². The predicted octanol–water partition coefficient (Wildman–Crippen LogP) is 0.0676. The minimum absolute atomic E-state index is 0. The van der Waals surface area contributed by atoms with Crippen LogP contribution in [0.5, 0.6) is 0 Å². The van der Waals surface area contributed by atoms with Crippen LogP contribution < -0.4 is 37.7 Å². The van der Waals surface area contributed by atoms with Gasteiger partial charge in [-0.05, 0) is 12.8 Å². The van der Waals surface area contributed by atoms with Crippen molar-refractivity contribution < 1.29 is 76.7 Å². The molecule has 1 radical (unpaired) electrons. The molecule has 2 aliphatic rings. The third kappa shape index (κ3) is 23.1. The Kier molecular flexibility index (Phi) is 58.2. The fraction of sp³-hybridized carbons (Fsp3) is 0.636. The van der Waals surface area contributed by atoms with Gasteiger partial charge in [0.1, 0.15) is 0 Å². The molecule has 7 heteroatoms. The zero-order valence-corrected chi connectivity index (χ0v) is 24.8. The fourth-order valence-electron chi connectivity index (χ4n) is 2.33. The molecule has 0 spiro atoms. The van der Waals surface area contributed by atoms with Crippen LogP contribution in [-0.2, 0) is 29.0 Å². The molecule has 0 unspecified atom stereocenters. The van der Waals surface area contributed by atoms with Gasteiger partial charge in [0, 0.05) is 19.8 Å². The van der Waals surface area contributed by atoms with E-state index in [0.717, 1.165) is 32.8 Å². The van der Waals surface area contributed by atoms with Crippen molar-refractivity contribution in [3.63, 3.8) is 0 Å². The number of hydrogen-bond acceptors (Lipinski definition) is 2. The van der Waals surface area contributed by atoms with E-state index in [0.29, 0.717) is 0 Å². The summed E-state index contributed by atoms with van der Waals surface area (Å²) in [7, 11) is 0. The first-order valence-corrected chi connectivity index (χ1v) is 9.14. The van der Waals surface area contributed by atoms with Crippen molar-refractivity contribution in [1.29, 1.82) is 0 Å². The molecule has 2 saturated heterocycles. The molecule has 1 aromatic carbocycles. The molecular weight excluding hydrogens is 465 g/mol. The molecule has 2 fully saturated rings. The Morgan fingerprint density at radius 3 is 1.28 bits per heavy atom. The Morgan fingerprint density at radius 2 is 1.17 bits per heavy atom. The van der Waals surface area contributed by atoms with E-state index in [9.17, 15) is 0 Å². The van der Waals surface area contributed by atoms with Gasteiger partial charge in [0.2, 0.25) is 0 Å². The van der Waals surface area contributed by atoms with Crippen molar-refractivity contribution in [2.45, 2.75) is 67.7 Å². The summed E-state index contributed by atoms with van der Waals surface area (Å²) in [4.78, 5) is 0. The fourth-order valence-corrected chi connectivity index (χ4v) is 2.33. The molecule has 0 saturated carbocycles. The third-order valence-corrected chi connectivity index (χ3v) is 4.34. The number of hydrogen-bond donors (Lipinski definition) is 0. The van der Waals surface area contributed by atoms with Gasteiger partial charge in [-0.2, -0.15) is 48.1 Å². The Balaban J connectivity index is -0.0000000140. The van der Waals surface area contributed by atoms with Crippen LogP contribution in [-0.4, -0.2) is 61.1 Å². The Labute approximate surface area is 251 Å². The van der Waals surface area contributed by atoms with Crippen molar-refractivity contribution in [2.75, 3.05) is 26.4 Å². The van der Waals surface area contributed by atoms with Gasteiger partial charge in [0.15, 0.2) is 0 Å². The minimum Gasteiger partial charge on any atom is -1.00 e. The standard InChI is InChI=1S/C10H15.C4H8O.C4H7O.2C2H5.2Al.2Li.Ru.7H/c1-6-7(2)9(4)10(5)8(6)3;2*1-2-4-5-3-1;2*1-2;;;;;;;;;;;;/h1-5H3;1-4H2;1H,2-4H2;2*1H2,2H3;;;;;;;;;;;;/q-1;;3*-1;2*+3;2*+1;+3;7*-1. The maximum atomic E-state index is 4.94. The Morgan fingerprint density at radius 1 is 0.793 bits per heavy atom. The first kappa shape index (κ1) is 48.6. The average molecular weight is 513 g/mol. The Hall–Kier alpha value is 2.15. The maximum absolute atomic E-state index is 4.94. The second-order valence-electron chi connectivity index (χ2n) is 5.60. The van der Waals surface area contributed by atoms with Crippen molar-refractivity contribution >= 4 is 34.7 Å². The normalized spacial score (nSPS) is 12.3. The Bertz CT molecular complexity index is 330. The van der Waals surface area contributed by atoms with Crippen LogP contribution in [0.25, 0.3) is 0 Å². The van der Waals surface area contributed by atoms with E-state index in [1.807, 2.05) is 0 Å².